The van der Waals surface area contributed by atoms with Gasteiger partial charge in [-0.3, -0.25) is 9.69 Å². The number of carboxylic acids is 1. The molecule has 0 amide bonds. The highest BCUT2D eigenvalue weighted by Gasteiger charge is 2.29. The van der Waals surface area contributed by atoms with E-state index in [9.17, 15) is 9.90 Å². The molecule has 2 aliphatic heterocycles. The number of aryl methyl sites for hydroxylation is 1. The zero-order chi connectivity index (χ0) is 25.5. The lowest BCUT2D eigenvalue weighted by atomic mass is 9.93. The number of halogens is 1. The molecular formula is C27H26ClN5O3S. The predicted octanol–water partition coefficient (Wildman–Crippen LogP) is 4.53. The van der Waals surface area contributed by atoms with E-state index in [1.165, 1.54) is 11.3 Å². The van der Waals surface area contributed by atoms with Crippen LogP contribution in [0.15, 0.2) is 42.6 Å². The Morgan fingerprint density at radius 1 is 1.14 bits per heavy atom. The van der Waals surface area contributed by atoms with Crippen LogP contribution in [0.5, 0.6) is 0 Å². The minimum atomic E-state index is -0.868. The molecular weight excluding hydrogens is 510 g/mol. The number of nitrogens with zero attached hydrogens (tertiary/aromatic N) is 5. The van der Waals surface area contributed by atoms with Crippen molar-refractivity contribution in [2.75, 3.05) is 44.3 Å². The number of thiazole rings is 1. The molecule has 0 saturated carbocycles. The van der Waals surface area contributed by atoms with Crippen LogP contribution in [0.25, 0.3) is 32.0 Å². The topological polar surface area (TPSA) is 91.7 Å². The lowest BCUT2D eigenvalue weighted by Gasteiger charge is -2.42. The molecule has 0 spiro atoms. The van der Waals surface area contributed by atoms with E-state index >= 15 is 0 Å². The minimum Gasteiger partial charge on any atom is -0.481 e. The maximum Gasteiger partial charge on any atom is 0.307 e. The Morgan fingerprint density at radius 2 is 1.89 bits per heavy atom. The van der Waals surface area contributed by atoms with Crippen molar-refractivity contribution in [3.63, 3.8) is 0 Å². The van der Waals surface area contributed by atoms with Crippen molar-refractivity contribution in [3.8, 4) is 21.8 Å². The second-order valence-electron chi connectivity index (χ2n) is 9.45. The predicted molar refractivity (Wildman–Crippen MR) is 146 cm³/mol. The third kappa shape index (κ3) is 4.80. The van der Waals surface area contributed by atoms with Gasteiger partial charge in [0.2, 0.25) is 5.95 Å². The summed E-state index contributed by atoms with van der Waals surface area (Å²) in [6, 6.07) is 11.9. The summed E-state index contributed by atoms with van der Waals surface area (Å²) in [4.78, 5) is 30.8. The van der Waals surface area contributed by atoms with Crippen LogP contribution in [0, 0.1) is 6.92 Å². The van der Waals surface area contributed by atoms with Gasteiger partial charge in [-0.2, -0.15) is 0 Å². The van der Waals surface area contributed by atoms with Gasteiger partial charge in [0.25, 0.3) is 0 Å². The van der Waals surface area contributed by atoms with Crippen molar-refractivity contribution in [2.24, 2.45) is 0 Å². The lowest BCUT2D eigenvalue weighted by molar-refractivity contribution is -0.136. The van der Waals surface area contributed by atoms with Gasteiger partial charge in [0.15, 0.2) is 0 Å². The number of fused-ring (bicyclic) bond motifs is 1. The fourth-order valence-corrected chi connectivity index (χ4v) is 6.22. The monoisotopic (exact) mass is 535 g/mol. The molecule has 0 bridgehead atoms. The molecule has 6 rings (SSSR count). The molecule has 4 heterocycles. The number of aromatic nitrogens is 3. The highest BCUT2D eigenvalue weighted by atomic mass is 35.5. The Hall–Kier alpha value is -3.11. The molecule has 8 nitrogen and oxygen atoms in total. The number of piperazine rings is 1. The van der Waals surface area contributed by atoms with Gasteiger partial charge in [0, 0.05) is 43.0 Å². The summed E-state index contributed by atoms with van der Waals surface area (Å²) >= 11 is 7.67. The molecule has 4 aromatic rings. The van der Waals surface area contributed by atoms with Crippen molar-refractivity contribution >= 4 is 45.1 Å². The summed E-state index contributed by atoms with van der Waals surface area (Å²) in [5, 5.41) is 11.0. The highest BCUT2D eigenvalue weighted by molar-refractivity contribution is 7.22. The second kappa shape index (κ2) is 9.98. The van der Waals surface area contributed by atoms with Crippen LogP contribution in [-0.4, -0.2) is 76.4 Å². The van der Waals surface area contributed by atoms with Crippen molar-refractivity contribution in [2.45, 2.75) is 19.4 Å². The van der Waals surface area contributed by atoms with E-state index in [1.807, 2.05) is 43.3 Å². The number of hydrogen-bond donors (Lipinski definition) is 1. The van der Waals surface area contributed by atoms with Crippen LogP contribution in [0.1, 0.15) is 11.1 Å². The number of rotatable bonds is 6. The quantitative estimate of drug-likeness (QED) is 0.385. The maximum atomic E-state index is 11.7. The van der Waals surface area contributed by atoms with E-state index in [2.05, 4.69) is 14.8 Å². The van der Waals surface area contributed by atoms with Gasteiger partial charge in [-0.1, -0.05) is 23.7 Å². The smallest absolute Gasteiger partial charge is 0.307 e. The summed E-state index contributed by atoms with van der Waals surface area (Å²) in [6.45, 7) is 7.28. The van der Waals surface area contributed by atoms with Crippen molar-refractivity contribution < 1.29 is 14.6 Å². The van der Waals surface area contributed by atoms with Crippen molar-refractivity contribution in [3.05, 3.63) is 58.7 Å². The SMILES string of the molecule is Cc1cc2nc(-c3ccnc(N4CCN(C5COC5)CC4)n3)sc2c(-c2ccc(Cl)cc2)c1CC(=O)O. The number of ether oxygens (including phenoxy) is 1. The highest BCUT2D eigenvalue weighted by Crippen LogP contribution is 2.41. The lowest BCUT2D eigenvalue weighted by Crippen LogP contribution is -2.56. The average Bonchev–Trinajstić information content (AvgIpc) is 3.28. The molecule has 0 unspecified atom stereocenters. The third-order valence-corrected chi connectivity index (χ3v) is 8.43. The minimum absolute atomic E-state index is 0.0659. The van der Waals surface area contributed by atoms with Crippen LogP contribution in [0.3, 0.4) is 0 Å². The van der Waals surface area contributed by atoms with Gasteiger partial charge >= 0.3 is 5.97 Å². The van der Waals surface area contributed by atoms with Crippen molar-refractivity contribution in [1.82, 2.24) is 19.9 Å². The molecule has 37 heavy (non-hydrogen) atoms. The van der Waals surface area contributed by atoms with Crippen LogP contribution >= 0.6 is 22.9 Å². The van der Waals surface area contributed by atoms with E-state index in [0.29, 0.717) is 17.0 Å². The Kier molecular flexibility index (Phi) is 6.54. The van der Waals surface area contributed by atoms with Gasteiger partial charge in [-0.15, -0.1) is 11.3 Å². The number of anilines is 1. The normalized spacial score (nSPS) is 16.8. The summed E-state index contributed by atoms with van der Waals surface area (Å²) in [6.07, 6.45) is 1.72. The van der Waals surface area contributed by atoms with Gasteiger partial charge in [-0.25, -0.2) is 15.0 Å². The van der Waals surface area contributed by atoms with E-state index in [4.69, 9.17) is 26.3 Å². The first-order valence-corrected chi connectivity index (χ1v) is 13.5. The number of benzene rings is 2. The zero-order valence-corrected chi connectivity index (χ0v) is 21.9. The van der Waals surface area contributed by atoms with Gasteiger partial charge in [-0.05, 0) is 47.9 Å². The molecule has 2 aromatic carbocycles. The van der Waals surface area contributed by atoms with Gasteiger partial charge in [0.1, 0.15) is 10.7 Å². The molecule has 0 aliphatic carbocycles. The second-order valence-corrected chi connectivity index (χ2v) is 10.9. The van der Waals surface area contributed by atoms with Gasteiger partial charge in [0.05, 0.1) is 35.9 Å². The molecule has 1 N–H and O–H groups in total. The molecule has 190 valence electrons. The van der Waals surface area contributed by atoms with Crippen LogP contribution in [-0.2, 0) is 16.0 Å². The summed E-state index contributed by atoms with van der Waals surface area (Å²) in [5.41, 5.74) is 5.09. The third-order valence-electron chi connectivity index (χ3n) is 7.07. The Labute approximate surface area is 223 Å². The molecule has 2 aromatic heterocycles. The van der Waals surface area contributed by atoms with Gasteiger partial charge < -0.3 is 14.7 Å². The number of carboxylic acid groups (broad SMARTS) is 1. The first-order valence-electron chi connectivity index (χ1n) is 12.3. The van der Waals surface area contributed by atoms with Crippen LogP contribution in [0.2, 0.25) is 5.02 Å². The summed E-state index contributed by atoms with van der Waals surface area (Å²) in [5.74, 6) is -0.158. The molecule has 2 saturated heterocycles. The maximum absolute atomic E-state index is 11.7. The van der Waals surface area contributed by atoms with E-state index in [0.717, 1.165) is 82.6 Å². The standard InChI is InChI=1S/C27H26ClN5O3S/c1-16-12-22-25(24(20(16)13-23(34)35)17-2-4-18(28)5-3-17)37-26(30-22)21-6-7-29-27(31-21)33-10-8-32(9-11-33)19-14-36-15-19/h2-7,12,19H,8-11,13-15H2,1H3,(H,34,35). The molecule has 2 fully saturated rings. The van der Waals surface area contributed by atoms with Crippen LogP contribution < -0.4 is 4.90 Å². The Balaban J connectivity index is 1.36. The van der Waals surface area contributed by atoms with Crippen molar-refractivity contribution in [1.29, 1.82) is 0 Å². The van der Waals surface area contributed by atoms with Crippen LogP contribution in [0.4, 0.5) is 5.95 Å². The molecule has 0 radical (unpaired) electrons. The van der Waals surface area contributed by atoms with E-state index in [-0.39, 0.29) is 6.42 Å². The molecule has 0 atom stereocenters. The zero-order valence-electron chi connectivity index (χ0n) is 20.4. The summed E-state index contributed by atoms with van der Waals surface area (Å²) < 4.78 is 6.28. The molecule has 10 heteroatoms. The largest absolute Gasteiger partial charge is 0.481 e. The van der Waals surface area contributed by atoms with E-state index < -0.39 is 5.97 Å². The fourth-order valence-electron chi connectivity index (χ4n) is 4.99. The average molecular weight is 536 g/mol. The summed E-state index contributed by atoms with van der Waals surface area (Å²) in [7, 11) is 0. The number of aliphatic carboxylic acids is 1. The Bertz CT molecular complexity index is 1460. The first-order chi connectivity index (χ1) is 18.0. The number of hydrogen-bond acceptors (Lipinski definition) is 8. The molecule has 2 aliphatic rings. The number of carbonyl (C=O) groups is 1. The first kappa shape index (κ1) is 24.2. The Morgan fingerprint density at radius 3 is 2.57 bits per heavy atom. The van der Waals surface area contributed by atoms with E-state index in [1.54, 1.807) is 6.20 Å². The fraction of sp³-hybridized carbons (Fsp3) is 0.333.